The van der Waals surface area contributed by atoms with E-state index in [9.17, 15) is 10.1 Å². The number of carbonyl (C=O) groups is 1. The van der Waals surface area contributed by atoms with Crippen molar-refractivity contribution in [2.75, 3.05) is 18.7 Å². The van der Waals surface area contributed by atoms with Crippen LogP contribution in [0.25, 0.3) is 6.08 Å². The Bertz CT molecular complexity index is 1340. The maximum atomic E-state index is 12.6. The second-order valence-corrected chi connectivity index (χ2v) is 8.70. The third-order valence-electron chi connectivity index (χ3n) is 4.91. The van der Waals surface area contributed by atoms with Crippen LogP contribution in [0.2, 0.25) is 5.02 Å². The standard InChI is InChI=1S/C26H20BrClN2O5/c1-2-32-24-11-17(8-18(13-29)26(31)30-20-5-3-4-19(27)12-20)9-21(28)25(24)33-14-16-6-7-22-23(10-16)35-15-34-22/h3-12H,2,14-15H2,1H3,(H,30,31)/b18-8-. The van der Waals surface area contributed by atoms with E-state index in [1.54, 1.807) is 30.3 Å². The number of rotatable bonds is 8. The van der Waals surface area contributed by atoms with E-state index >= 15 is 0 Å². The second-order valence-electron chi connectivity index (χ2n) is 7.37. The van der Waals surface area contributed by atoms with Gasteiger partial charge in [-0.3, -0.25) is 4.79 Å². The number of carbonyl (C=O) groups excluding carboxylic acids is 1. The third-order valence-corrected chi connectivity index (χ3v) is 5.68. The number of amides is 1. The molecule has 3 aromatic rings. The molecule has 1 heterocycles. The summed E-state index contributed by atoms with van der Waals surface area (Å²) in [6.45, 7) is 2.63. The van der Waals surface area contributed by atoms with Crippen LogP contribution in [0.3, 0.4) is 0 Å². The van der Waals surface area contributed by atoms with Crippen LogP contribution < -0.4 is 24.3 Å². The zero-order valence-electron chi connectivity index (χ0n) is 18.6. The van der Waals surface area contributed by atoms with E-state index in [0.717, 1.165) is 10.0 Å². The largest absolute Gasteiger partial charge is 0.490 e. The average molecular weight is 556 g/mol. The average Bonchev–Trinajstić information content (AvgIpc) is 3.30. The minimum Gasteiger partial charge on any atom is -0.490 e. The van der Waals surface area contributed by atoms with Crippen LogP contribution in [-0.2, 0) is 11.4 Å². The molecule has 0 unspecified atom stereocenters. The highest BCUT2D eigenvalue weighted by atomic mass is 79.9. The maximum absolute atomic E-state index is 12.6. The number of nitrogens with zero attached hydrogens (tertiary/aromatic N) is 1. The van der Waals surface area contributed by atoms with Gasteiger partial charge in [0.05, 0.1) is 11.6 Å². The monoisotopic (exact) mass is 554 g/mol. The first-order chi connectivity index (χ1) is 17.0. The number of nitrogens with one attached hydrogen (secondary N) is 1. The summed E-state index contributed by atoms with van der Waals surface area (Å²) in [5.41, 5.74) is 1.87. The molecule has 0 radical (unpaired) electrons. The fourth-order valence-electron chi connectivity index (χ4n) is 3.34. The van der Waals surface area contributed by atoms with E-state index in [4.69, 9.17) is 30.5 Å². The Kier molecular flexibility index (Phi) is 7.80. The summed E-state index contributed by atoms with van der Waals surface area (Å²) in [7, 11) is 0. The molecule has 1 N–H and O–H groups in total. The fraction of sp³-hybridized carbons (Fsp3) is 0.154. The van der Waals surface area contributed by atoms with E-state index in [2.05, 4.69) is 21.2 Å². The maximum Gasteiger partial charge on any atom is 0.266 e. The van der Waals surface area contributed by atoms with E-state index in [0.29, 0.717) is 40.9 Å². The zero-order chi connectivity index (χ0) is 24.8. The highest BCUT2D eigenvalue weighted by Crippen LogP contribution is 2.39. The second kappa shape index (κ2) is 11.2. The highest BCUT2D eigenvalue weighted by Gasteiger charge is 2.17. The number of hydrogen-bond donors (Lipinski definition) is 1. The van der Waals surface area contributed by atoms with Crippen molar-refractivity contribution < 1.29 is 23.7 Å². The molecule has 0 saturated carbocycles. The molecule has 0 spiro atoms. The number of ether oxygens (including phenoxy) is 4. The van der Waals surface area contributed by atoms with Gasteiger partial charge < -0.3 is 24.3 Å². The van der Waals surface area contributed by atoms with Crippen molar-refractivity contribution in [1.29, 1.82) is 5.26 Å². The molecule has 4 rings (SSSR count). The Morgan fingerprint density at radius 3 is 2.77 bits per heavy atom. The molecule has 0 atom stereocenters. The van der Waals surface area contributed by atoms with Gasteiger partial charge >= 0.3 is 0 Å². The summed E-state index contributed by atoms with van der Waals surface area (Å²) in [5, 5.41) is 12.6. The molecule has 178 valence electrons. The smallest absolute Gasteiger partial charge is 0.266 e. The van der Waals surface area contributed by atoms with Gasteiger partial charge in [-0.15, -0.1) is 0 Å². The van der Waals surface area contributed by atoms with Crippen LogP contribution in [0.15, 0.2) is 64.6 Å². The van der Waals surface area contributed by atoms with Crippen molar-refractivity contribution in [2.45, 2.75) is 13.5 Å². The summed E-state index contributed by atoms with van der Waals surface area (Å²) in [4.78, 5) is 12.6. The topological polar surface area (TPSA) is 89.8 Å². The van der Waals surface area contributed by atoms with Gasteiger partial charge in [-0.2, -0.15) is 5.26 Å². The first-order valence-electron chi connectivity index (χ1n) is 10.6. The molecule has 1 aliphatic rings. The molecule has 9 heteroatoms. The van der Waals surface area contributed by atoms with Crippen LogP contribution in [0, 0.1) is 11.3 Å². The predicted molar refractivity (Wildman–Crippen MR) is 136 cm³/mol. The molecule has 35 heavy (non-hydrogen) atoms. The van der Waals surface area contributed by atoms with Gasteiger partial charge in [-0.1, -0.05) is 39.7 Å². The van der Waals surface area contributed by atoms with Crippen LogP contribution in [-0.4, -0.2) is 19.3 Å². The molecule has 0 aliphatic carbocycles. The summed E-state index contributed by atoms with van der Waals surface area (Å²) in [6.07, 6.45) is 1.45. The van der Waals surface area contributed by atoms with Crippen molar-refractivity contribution in [3.05, 3.63) is 80.8 Å². The van der Waals surface area contributed by atoms with Gasteiger partial charge in [-0.05, 0) is 66.6 Å². The lowest BCUT2D eigenvalue weighted by Gasteiger charge is -2.15. The lowest BCUT2D eigenvalue weighted by Crippen LogP contribution is -2.13. The third kappa shape index (κ3) is 6.07. The predicted octanol–water partition coefficient (Wildman–Crippen LogP) is 6.35. The first kappa shape index (κ1) is 24.5. The van der Waals surface area contributed by atoms with Gasteiger partial charge in [0.2, 0.25) is 6.79 Å². The van der Waals surface area contributed by atoms with Gasteiger partial charge in [-0.25, -0.2) is 0 Å². The van der Waals surface area contributed by atoms with E-state index in [1.807, 2.05) is 37.3 Å². The van der Waals surface area contributed by atoms with Crippen LogP contribution in [0.4, 0.5) is 5.69 Å². The Morgan fingerprint density at radius 1 is 1.17 bits per heavy atom. The molecule has 0 bridgehead atoms. The van der Waals surface area contributed by atoms with Gasteiger partial charge in [0, 0.05) is 10.2 Å². The highest BCUT2D eigenvalue weighted by molar-refractivity contribution is 9.10. The Labute approximate surface area is 215 Å². The Hall–Kier alpha value is -3.67. The van der Waals surface area contributed by atoms with Gasteiger partial charge in [0.15, 0.2) is 23.0 Å². The summed E-state index contributed by atoms with van der Waals surface area (Å²) in [6, 6.07) is 17.9. The minimum atomic E-state index is -0.539. The molecule has 1 amide bonds. The minimum absolute atomic E-state index is 0.0856. The molecule has 1 aliphatic heterocycles. The number of hydrogen-bond acceptors (Lipinski definition) is 6. The number of fused-ring (bicyclic) bond motifs is 1. The van der Waals surface area contributed by atoms with E-state index in [1.165, 1.54) is 6.08 Å². The first-order valence-corrected chi connectivity index (χ1v) is 11.8. The lowest BCUT2D eigenvalue weighted by molar-refractivity contribution is -0.112. The Morgan fingerprint density at radius 2 is 2.00 bits per heavy atom. The van der Waals surface area contributed by atoms with Gasteiger partial charge in [0.25, 0.3) is 5.91 Å². The fourth-order valence-corrected chi connectivity index (χ4v) is 4.01. The molecule has 0 saturated heterocycles. The molecule has 3 aromatic carbocycles. The van der Waals surface area contributed by atoms with Crippen molar-refractivity contribution in [2.24, 2.45) is 0 Å². The van der Waals surface area contributed by atoms with E-state index < -0.39 is 5.91 Å². The summed E-state index contributed by atoms with van der Waals surface area (Å²) >= 11 is 9.87. The van der Waals surface area contributed by atoms with Crippen LogP contribution in [0.5, 0.6) is 23.0 Å². The zero-order valence-corrected chi connectivity index (χ0v) is 21.0. The Balaban J connectivity index is 1.54. The summed E-state index contributed by atoms with van der Waals surface area (Å²) < 4.78 is 23.2. The number of benzene rings is 3. The molecule has 0 aromatic heterocycles. The summed E-state index contributed by atoms with van der Waals surface area (Å²) in [5.74, 6) is 1.57. The van der Waals surface area contributed by atoms with Gasteiger partial charge in [0.1, 0.15) is 18.2 Å². The van der Waals surface area contributed by atoms with Crippen LogP contribution >= 0.6 is 27.5 Å². The van der Waals surface area contributed by atoms with Crippen molar-refractivity contribution in [3.63, 3.8) is 0 Å². The molecular weight excluding hydrogens is 536 g/mol. The van der Waals surface area contributed by atoms with Crippen molar-refractivity contribution in [1.82, 2.24) is 0 Å². The molecule has 7 nitrogen and oxygen atoms in total. The molecule has 0 fully saturated rings. The number of nitriles is 1. The SMILES string of the molecule is CCOc1cc(/C=C(/C#N)C(=O)Nc2cccc(Br)c2)cc(Cl)c1OCc1ccc2c(c1)OCO2. The quantitative estimate of drug-likeness (QED) is 0.257. The number of halogens is 2. The lowest BCUT2D eigenvalue weighted by atomic mass is 10.1. The number of anilines is 1. The van der Waals surface area contributed by atoms with Crippen molar-refractivity contribution >= 4 is 45.2 Å². The van der Waals surface area contributed by atoms with Crippen molar-refractivity contribution in [3.8, 4) is 29.1 Å². The molecular formula is C26H20BrClN2O5. The normalized spacial score (nSPS) is 12.1. The van der Waals surface area contributed by atoms with E-state index in [-0.39, 0.29) is 24.0 Å². The van der Waals surface area contributed by atoms with Crippen LogP contribution in [0.1, 0.15) is 18.1 Å².